The van der Waals surface area contributed by atoms with E-state index in [0.29, 0.717) is 11.5 Å². The molecule has 0 radical (unpaired) electrons. The van der Waals surface area contributed by atoms with Crippen LogP contribution < -0.4 is 11.7 Å². The molecule has 5 N–H and O–H groups in total. The molecular weight excluding hydrogens is 208 g/mol. The van der Waals surface area contributed by atoms with Gasteiger partial charge >= 0.3 is 0 Å². The topological polar surface area (TPSA) is 113 Å². The van der Waals surface area contributed by atoms with Gasteiger partial charge in [-0.15, -0.1) is 0 Å². The van der Waals surface area contributed by atoms with Gasteiger partial charge in [0.1, 0.15) is 11.5 Å². The highest BCUT2D eigenvalue weighted by molar-refractivity contribution is 6.06. The minimum absolute atomic E-state index is 0.0791. The zero-order valence-corrected chi connectivity index (χ0v) is 9.12. The molecule has 0 aliphatic carbocycles. The molecule has 0 unspecified atom stereocenters. The van der Waals surface area contributed by atoms with E-state index in [1.807, 2.05) is 13.0 Å². The van der Waals surface area contributed by atoms with Crippen molar-refractivity contribution in [1.29, 1.82) is 0 Å². The van der Waals surface area contributed by atoms with Crippen molar-refractivity contribution in [2.45, 2.75) is 13.8 Å². The number of oxime groups is 1. The largest absolute Gasteiger partial charge is 0.409 e. The highest BCUT2D eigenvalue weighted by Crippen LogP contribution is 2.02. The molecular formula is C9H14N6O. The normalized spacial score (nSPS) is 12.7. The summed E-state index contributed by atoms with van der Waals surface area (Å²) in [6.45, 7) is 3.41. The molecule has 16 heavy (non-hydrogen) atoms. The SMILES string of the molecule is C/C(=N/N)N(N)/C(=N/O)c1cccc(C)n1. The second-order valence-electron chi connectivity index (χ2n) is 3.13. The van der Waals surface area contributed by atoms with Crippen LogP contribution in [0.1, 0.15) is 18.3 Å². The number of hydrogen-bond donors (Lipinski definition) is 3. The molecule has 7 nitrogen and oxygen atoms in total. The number of nitrogens with zero attached hydrogens (tertiary/aromatic N) is 4. The average molecular weight is 222 g/mol. The Hall–Kier alpha value is -2.15. The maximum absolute atomic E-state index is 8.92. The first-order valence-electron chi connectivity index (χ1n) is 4.55. The van der Waals surface area contributed by atoms with Gasteiger partial charge in [0.05, 0.1) is 0 Å². The molecule has 1 aromatic rings. The molecule has 1 rings (SSSR count). The maximum atomic E-state index is 8.92. The third kappa shape index (κ3) is 2.45. The van der Waals surface area contributed by atoms with Crippen LogP contribution in [0.3, 0.4) is 0 Å². The lowest BCUT2D eigenvalue weighted by Gasteiger charge is -2.17. The van der Waals surface area contributed by atoms with Crippen molar-refractivity contribution < 1.29 is 5.21 Å². The molecule has 0 saturated heterocycles. The van der Waals surface area contributed by atoms with E-state index in [1.165, 1.54) is 0 Å². The fraction of sp³-hybridized carbons (Fsp3) is 0.222. The Morgan fingerprint density at radius 2 is 2.19 bits per heavy atom. The number of hydrazone groups is 1. The Balaban J connectivity index is 3.10. The second kappa shape index (κ2) is 5.08. The molecule has 0 saturated carbocycles. The van der Waals surface area contributed by atoms with Gasteiger partial charge in [-0.2, -0.15) is 5.10 Å². The molecule has 0 spiro atoms. The monoisotopic (exact) mass is 222 g/mol. The first-order chi connectivity index (χ1) is 7.60. The van der Waals surface area contributed by atoms with E-state index in [4.69, 9.17) is 16.9 Å². The van der Waals surface area contributed by atoms with Crippen LogP contribution in [0.4, 0.5) is 0 Å². The molecule has 0 aliphatic heterocycles. The zero-order valence-electron chi connectivity index (χ0n) is 9.12. The highest BCUT2D eigenvalue weighted by atomic mass is 16.4. The number of hydrazine groups is 1. The quantitative estimate of drug-likeness (QED) is 0.203. The summed E-state index contributed by atoms with van der Waals surface area (Å²) < 4.78 is 0. The van der Waals surface area contributed by atoms with E-state index in [-0.39, 0.29) is 5.84 Å². The van der Waals surface area contributed by atoms with E-state index in [1.54, 1.807) is 19.1 Å². The van der Waals surface area contributed by atoms with E-state index in [0.717, 1.165) is 10.7 Å². The van der Waals surface area contributed by atoms with Crippen LogP contribution in [-0.2, 0) is 0 Å². The first-order valence-corrected chi connectivity index (χ1v) is 4.55. The minimum Gasteiger partial charge on any atom is -0.409 e. The summed E-state index contributed by atoms with van der Waals surface area (Å²) in [6.07, 6.45) is 0. The summed E-state index contributed by atoms with van der Waals surface area (Å²) in [6, 6.07) is 5.28. The Bertz CT molecular complexity index is 428. The van der Waals surface area contributed by atoms with Crippen LogP contribution >= 0.6 is 0 Å². The Morgan fingerprint density at radius 1 is 1.50 bits per heavy atom. The minimum atomic E-state index is 0.0791. The molecule has 7 heteroatoms. The van der Waals surface area contributed by atoms with Gasteiger partial charge in [0.15, 0.2) is 0 Å². The van der Waals surface area contributed by atoms with Gasteiger partial charge in [0.2, 0.25) is 5.84 Å². The Kier molecular flexibility index (Phi) is 3.78. The summed E-state index contributed by atoms with van der Waals surface area (Å²) in [5.74, 6) is 11.1. The van der Waals surface area contributed by atoms with Crippen LogP contribution in [0, 0.1) is 6.92 Å². The van der Waals surface area contributed by atoms with Crippen molar-refractivity contribution in [3.63, 3.8) is 0 Å². The summed E-state index contributed by atoms with van der Waals surface area (Å²) >= 11 is 0. The van der Waals surface area contributed by atoms with Crippen LogP contribution in [0.5, 0.6) is 0 Å². The van der Waals surface area contributed by atoms with Crippen LogP contribution in [0.15, 0.2) is 28.5 Å². The average Bonchev–Trinajstić information content (AvgIpc) is 2.29. The van der Waals surface area contributed by atoms with E-state index < -0.39 is 0 Å². The summed E-state index contributed by atoms with van der Waals surface area (Å²) in [7, 11) is 0. The lowest BCUT2D eigenvalue weighted by molar-refractivity contribution is 0.311. The number of aromatic nitrogens is 1. The molecule has 0 aromatic carbocycles. The number of hydrogen-bond acceptors (Lipinski definition) is 6. The van der Waals surface area contributed by atoms with Crippen molar-refractivity contribution in [2.24, 2.45) is 21.9 Å². The van der Waals surface area contributed by atoms with Gasteiger partial charge in [0, 0.05) is 5.69 Å². The van der Waals surface area contributed by atoms with Crippen molar-refractivity contribution >= 4 is 11.7 Å². The summed E-state index contributed by atoms with van der Waals surface area (Å²) in [5, 5.41) is 16.5. The van der Waals surface area contributed by atoms with E-state index in [2.05, 4.69) is 15.2 Å². The van der Waals surface area contributed by atoms with Crippen LogP contribution in [0.2, 0.25) is 0 Å². The van der Waals surface area contributed by atoms with Crippen LogP contribution in [0.25, 0.3) is 0 Å². The maximum Gasteiger partial charge on any atom is 0.213 e. The standard InChI is InChI=1S/C9H14N6O/c1-6-4-3-5-8(12-6)9(14-16)15(11)7(2)13-10/h3-5,16H,10-11H2,1-2H3/b13-7-,14-9+. The Labute approximate surface area is 93.0 Å². The first kappa shape index (κ1) is 11.9. The molecule has 0 amide bonds. The smallest absolute Gasteiger partial charge is 0.213 e. The fourth-order valence-electron chi connectivity index (χ4n) is 1.11. The van der Waals surface area contributed by atoms with Gasteiger partial charge < -0.3 is 11.0 Å². The molecule has 1 heterocycles. The van der Waals surface area contributed by atoms with Gasteiger partial charge in [-0.1, -0.05) is 11.2 Å². The third-order valence-electron chi connectivity index (χ3n) is 1.98. The van der Waals surface area contributed by atoms with E-state index >= 15 is 0 Å². The fourth-order valence-corrected chi connectivity index (χ4v) is 1.11. The number of amidine groups is 2. The lowest BCUT2D eigenvalue weighted by Crippen LogP contribution is -2.42. The number of aryl methyl sites for hydroxylation is 1. The number of nitrogens with two attached hydrogens (primary N) is 2. The van der Waals surface area contributed by atoms with Crippen molar-refractivity contribution in [1.82, 2.24) is 9.99 Å². The summed E-state index contributed by atoms with van der Waals surface area (Å²) in [5.41, 5.74) is 1.22. The molecule has 0 fully saturated rings. The number of pyridine rings is 1. The molecule has 0 bridgehead atoms. The van der Waals surface area contributed by atoms with Gasteiger partial charge in [-0.05, 0) is 26.0 Å². The predicted molar refractivity (Wildman–Crippen MR) is 60.6 cm³/mol. The van der Waals surface area contributed by atoms with E-state index in [9.17, 15) is 0 Å². The van der Waals surface area contributed by atoms with Crippen molar-refractivity contribution in [3.8, 4) is 0 Å². The molecule has 1 aromatic heterocycles. The number of rotatable bonds is 1. The van der Waals surface area contributed by atoms with Gasteiger partial charge in [-0.25, -0.2) is 15.8 Å². The molecule has 0 aliphatic rings. The van der Waals surface area contributed by atoms with Gasteiger partial charge in [0.25, 0.3) is 0 Å². The van der Waals surface area contributed by atoms with Crippen LogP contribution in [-0.4, -0.2) is 26.9 Å². The lowest BCUT2D eigenvalue weighted by atomic mass is 10.3. The predicted octanol–water partition coefficient (Wildman–Crippen LogP) is -0.00638. The highest BCUT2D eigenvalue weighted by Gasteiger charge is 2.14. The Morgan fingerprint density at radius 3 is 2.69 bits per heavy atom. The third-order valence-corrected chi connectivity index (χ3v) is 1.98. The summed E-state index contributed by atoms with van der Waals surface area (Å²) in [4.78, 5) is 4.17. The van der Waals surface area contributed by atoms with Gasteiger partial charge in [-0.3, -0.25) is 0 Å². The molecule has 0 atom stereocenters. The second-order valence-corrected chi connectivity index (χ2v) is 3.13. The zero-order chi connectivity index (χ0) is 12.1. The van der Waals surface area contributed by atoms with Crippen molar-refractivity contribution in [3.05, 3.63) is 29.6 Å². The molecule has 86 valence electrons. The van der Waals surface area contributed by atoms with Crippen molar-refractivity contribution in [2.75, 3.05) is 0 Å².